The van der Waals surface area contributed by atoms with E-state index in [0.29, 0.717) is 30.1 Å². The molecule has 3 aromatic rings. The van der Waals surface area contributed by atoms with Gasteiger partial charge in [0.2, 0.25) is 0 Å². The Labute approximate surface area is 178 Å². The molecule has 3 heterocycles. The lowest BCUT2D eigenvalue weighted by molar-refractivity contribution is -0.137. The number of nitrogens with zero attached hydrogens (tertiary/aromatic N) is 5. The van der Waals surface area contributed by atoms with Crippen molar-refractivity contribution in [3.63, 3.8) is 0 Å². The topological polar surface area (TPSA) is 56.1 Å². The number of benzene rings is 1. The predicted molar refractivity (Wildman–Crippen MR) is 109 cm³/mol. The average molecular weight is 431 g/mol. The van der Waals surface area contributed by atoms with Gasteiger partial charge < -0.3 is 4.74 Å². The van der Waals surface area contributed by atoms with Crippen molar-refractivity contribution in [2.45, 2.75) is 39.2 Å². The Hall–Kier alpha value is -2.78. The Bertz CT molecular complexity index is 1050. The summed E-state index contributed by atoms with van der Waals surface area (Å²) in [5, 5.41) is 4.50. The number of hydrogen-bond donors (Lipinski definition) is 0. The summed E-state index contributed by atoms with van der Waals surface area (Å²) >= 11 is 0. The van der Waals surface area contributed by atoms with E-state index in [4.69, 9.17) is 4.74 Å². The summed E-state index contributed by atoms with van der Waals surface area (Å²) in [4.78, 5) is 11.0. The SMILES string of the molecule is CCn1cc(CN2CCO[C@@H](c3nccnc3-c3cccc(C(F)(F)F)c3)C2)c(C)n1. The van der Waals surface area contributed by atoms with Crippen LogP contribution in [0.1, 0.15) is 35.5 Å². The number of halogens is 3. The number of aryl methyl sites for hydroxylation is 2. The second-order valence-electron chi connectivity index (χ2n) is 7.56. The van der Waals surface area contributed by atoms with Crippen LogP contribution in [0.5, 0.6) is 0 Å². The average Bonchev–Trinajstić information content (AvgIpc) is 3.13. The normalized spacial score (nSPS) is 17.8. The lowest BCUT2D eigenvalue weighted by atomic mass is 10.0. The van der Waals surface area contributed by atoms with Crippen molar-refractivity contribution in [1.29, 1.82) is 0 Å². The fourth-order valence-electron chi connectivity index (χ4n) is 3.78. The molecular formula is C22H24F3N5O. The highest BCUT2D eigenvalue weighted by molar-refractivity contribution is 5.63. The molecule has 0 radical (unpaired) electrons. The smallest absolute Gasteiger partial charge is 0.369 e. The third kappa shape index (κ3) is 4.77. The Morgan fingerprint density at radius 3 is 2.74 bits per heavy atom. The van der Waals surface area contributed by atoms with Gasteiger partial charge in [0.05, 0.1) is 29.3 Å². The van der Waals surface area contributed by atoms with Crippen molar-refractivity contribution in [2.75, 3.05) is 19.7 Å². The maximum Gasteiger partial charge on any atom is 0.416 e. The Balaban J connectivity index is 1.58. The summed E-state index contributed by atoms with van der Waals surface area (Å²) in [7, 11) is 0. The third-order valence-corrected chi connectivity index (χ3v) is 5.41. The highest BCUT2D eigenvalue weighted by atomic mass is 19.4. The minimum Gasteiger partial charge on any atom is -0.369 e. The first-order valence-corrected chi connectivity index (χ1v) is 10.2. The molecule has 1 atom stereocenters. The van der Waals surface area contributed by atoms with Crippen LogP contribution in [0.3, 0.4) is 0 Å². The molecule has 1 aliphatic heterocycles. The Morgan fingerprint density at radius 2 is 2.00 bits per heavy atom. The minimum atomic E-state index is -4.42. The molecule has 1 saturated heterocycles. The van der Waals surface area contributed by atoms with E-state index in [9.17, 15) is 13.2 Å². The van der Waals surface area contributed by atoms with E-state index in [-0.39, 0.29) is 6.10 Å². The van der Waals surface area contributed by atoms with Gasteiger partial charge in [0.25, 0.3) is 0 Å². The molecule has 2 aromatic heterocycles. The van der Waals surface area contributed by atoms with Crippen molar-refractivity contribution in [2.24, 2.45) is 0 Å². The quantitative estimate of drug-likeness (QED) is 0.604. The van der Waals surface area contributed by atoms with Crippen LogP contribution in [0.4, 0.5) is 13.2 Å². The van der Waals surface area contributed by atoms with Crippen LogP contribution in [0, 0.1) is 6.92 Å². The number of aromatic nitrogens is 4. The predicted octanol–water partition coefficient (Wildman–Crippen LogP) is 4.26. The van der Waals surface area contributed by atoms with E-state index in [1.165, 1.54) is 12.3 Å². The van der Waals surface area contributed by atoms with Crippen LogP contribution < -0.4 is 0 Å². The third-order valence-electron chi connectivity index (χ3n) is 5.41. The molecule has 0 aliphatic carbocycles. The standard InChI is InChI=1S/C22H24F3N5O/c1-3-30-13-17(15(2)28-30)12-29-9-10-31-19(14-29)21-20(26-7-8-27-21)16-5-4-6-18(11-16)22(23,24)25/h4-8,11,13,19H,3,9-10,12,14H2,1-2H3/t19-/m1/s1. The van der Waals surface area contributed by atoms with Crippen molar-refractivity contribution in [3.8, 4) is 11.3 Å². The zero-order chi connectivity index (χ0) is 22.0. The van der Waals surface area contributed by atoms with E-state index in [2.05, 4.69) is 26.2 Å². The summed E-state index contributed by atoms with van der Waals surface area (Å²) in [5.41, 5.74) is 2.77. The lowest BCUT2D eigenvalue weighted by Gasteiger charge is -2.33. The van der Waals surface area contributed by atoms with Gasteiger partial charge in [-0.25, -0.2) is 0 Å². The molecule has 6 nitrogen and oxygen atoms in total. The number of alkyl halides is 3. The van der Waals surface area contributed by atoms with Crippen LogP contribution in [0.15, 0.2) is 42.9 Å². The summed E-state index contributed by atoms with van der Waals surface area (Å²) in [6, 6.07) is 5.17. The molecular weight excluding hydrogens is 407 g/mol. The fraction of sp³-hybridized carbons (Fsp3) is 0.409. The molecule has 0 bridgehead atoms. The summed E-state index contributed by atoms with van der Waals surface area (Å²) in [6.07, 6.45) is 0.286. The molecule has 0 amide bonds. The zero-order valence-electron chi connectivity index (χ0n) is 17.4. The number of rotatable bonds is 5. The number of ether oxygens (including phenoxy) is 1. The van der Waals surface area contributed by atoms with Crippen LogP contribution in [0.25, 0.3) is 11.3 Å². The molecule has 1 aromatic carbocycles. The highest BCUT2D eigenvalue weighted by Crippen LogP contribution is 2.34. The maximum absolute atomic E-state index is 13.2. The van der Waals surface area contributed by atoms with Crippen molar-refractivity contribution in [1.82, 2.24) is 24.6 Å². The van der Waals surface area contributed by atoms with E-state index in [0.717, 1.165) is 43.0 Å². The summed E-state index contributed by atoms with van der Waals surface area (Å²) < 4.78 is 47.4. The fourth-order valence-corrected chi connectivity index (χ4v) is 3.78. The van der Waals surface area contributed by atoms with E-state index >= 15 is 0 Å². The van der Waals surface area contributed by atoms with Gasteiger partial charge in [0.15, 0.2) is 0 Å². The molecule has 164 valence electrons. The molecule has 0 N–H and O–H groups in total. The van der Waals surface area contributed by atoms with Gasteiger partial charge in [-0.1, -0.05) is 12.1 Å². The molecule has 0 spiro atoms. The molecule has 1 fully saturated rings. The first-order chi connectivity index (χ1) is 14.8. The second kappa shape index (κ2) is 8.76. The highest BCUT2D eigenvalue weighted by Gasteiger charge is 2.32. The number of hydrogen-bond acceptors (Lipinski definition) is 5. The lowest BCUT2D eigenvalue weighted by Crippen LogP contribution is -2.38. The van der Waals surface area contributed by atoms with Gasteiger partial charge in [0.1, 0.15) is 6.10 Å². The second-order valence-corrected chi connectivity index (χ2v) is 7.56. The zero-order valence-corrected chi connectivity index (χ0v) is 17.4. The van der Waals surface area contributed by atoms with Gasteiger partial charge in [0, 0.05) is 55.9 Å². The molecule has 0 saturated carbocycles. The molecule has 0 unspecified atom stereocenters. The molecule has 31 heavy (non-hydrogen) atoms. The van der Waals surface area contributed by atoms with Crippen LogP contribution in [-0.4, -0.2) is 44.3 Å². The Kier molecular flexibility index (Phi) is 6.06. The molecule has 9 heteroatoms. The van der Waals surface area contributed by atoms with Crippen LogP contribution in [0.2, 0.25) is 0 Å². The van der Waals surface area contributed by atoms with Gasteiger partial charge in [-0.3, -0.25) is 19.5 Å². The van der Waals surface area contributed by atoms with Gasteiger partial charge in [-0.2, -0.15) is 18.3 Å². The van der Waals surface area contributed by atoms with Crippen LogP contribution in [-0.2, 0) is 24.0 Å². The maximum atomic E-state index is 13.2. The van der Waals surface area contributed by atoms with Gasteiger partial charge in [-0.05, 0) is 26.0 Å². The summed E-state index contributed by atoms with van der Waals surface area (Å²) in [5.74, 6) is 0. The van der Waals surface area contributed by atoms with E-state index in [1.807, 2.05) is 18.5 Å². The minimum absolute atomic E-state index is 0.374. The largest absolute Gasteiger partial charge is 0.416 e. The van der Waals surface area contributed by atoms with E-state index < -0.39 is 11.7 Å². The van der Waals surface area contributed by atoms with E-state index in [1.54, 1.807) is 12.3 Å². The van der Waals surface area contributed by atoms with Gasteiger partial charge in [-0.15, -0.1) is 0 Å². The first-order valence-electron chi connectivity index (χ1n) is 10.2. The Morgan fingerprint density at radius 1 is 1.19 bits per heavy atom. The summed E-state index contributed by atoms with van der Waals surface area (Å²) in [6.45, 7) is 7.41. The first kappa shape index (κ1) is 21.5. The van der Waals surface area contributed by atoms with Crippen molar-refractivity contribution < 1.29 is 17.9 Å². The van der Waals surface area contributed by atoms with Crippen molar-refractivity contribution >= 4 is 0 Å². The van der Waals surface area contributed by atoms with Crippen molar-refractivity contribution in [3.05, 3.63) is 65.4 Å². The van der Waals surface area contributed by atoms with Crippen LogP contribution >= 0.6 is 0 Å². The molecule has 1 aliphatic rings. The molecule has 4 rings (SSSR count). The van der Waals surface area contributed by atoms with Gasteiger partial charge >= 0.3 is 6.18 Å². The number of morpholine rings is 1. The monoisotopic (exact) mass is 431 g/mol.